The van der Waals surface area contributed by atoms with Gasteiger partial charge in [-0.25, -0.2) is 8.42 Å². The molecule has 2 aliphatic heterocycles. The van der Waals surface area contributed by atoms with Crippen molar-refractivity contribution in [1.29, 1.82) is 0 Å². The lowest BCUT2D eigenvalue weighted by Gasteiger charge is -2.17. The molecule has 2 N–H and O–H groups in total. The predicted octanol–water partition coefficient (Wildman–Crippen LogP) is 2.08. The highest BCUT2D eigenvalue weighted by Crippen LogP contribution is 2.34. The quantitative estimate of drug-likeness (QED) is 0.876. The van der Waals surface area contributed by atoms with Gasteiger partial charge >= 0.3 is 0 Å². The van der Waals surface area contributed by atoms with Crippen LogP contribution in [0.25, 0.3) is 0 Å². The van der Waals surface area contributed by atoms with Crippen molar-refractivity contribution < 1.29 is 13.2 Å². The van der Waals surface area contributed by atoms with Crippen molar-refractivity contribution >= 4 is 25.8 Å². The van der Waals surface area contributed by atoms with Gasteiger partial charge in [0.25, 0.3) is 0 Å². The summed E-state index contributed by atoms with van der Waals surface area (Å²) in [7, 11) is -2.82. The fraction of sp³-hybridized carbons (Fsp3) is 0.600. The molecule has 0 aromatic heterocycles. The summed E-state index contributed by atoms with van der Waals surface area (Å²) in [5.74, 6) is 1.81. The van der Waals surface area contributed by atoms with E-state index in [1.165, 1.54) is 5.56 Å². The van der Waals surface area contributed by atoms with Crippen molar-refractivity contribution in [2.45, 2.75) is 31.7 Å². The normalized spacial score (nSPS) is 24.6. The molecule has 1 aromatic carbocycles. The van der Waals surface area contributed by atoms with Gasteiger partial charge < -0.3 is 10.5 Å². The molecule has 0 radical (unpaired) electrons. The third kappa shape index (κ3) is 3.60. The van der Waals surface area contributed by atoms with Crippen LogP contribution in [0.3, 0.4) is 0 Å². The van der Waals surface area contributed by atoms with E-state index in [-0.39, 0.29) is 12.0 Å². The first-order valence-corrected chi connectivity index (χ1v) is 9.94. The Morgan fingerprint density at radius 2 is 2.24 bits per heavy atom. The first-order valence-electron chi connectivity index (χ1n) is 7.33. The van der Waals surface area contributed by atoms with E-state index in [9.17, 15) is 8.42 Å². The first kappa shape index (κ1) is 15.3. The van der Waals surface area contributed by atoms with Crippen LogP contribution in [0.5, 0.6) is 5.75 Å². The Kier molecular flexibility index (Phi) is 4.30. The van der Waals surface area contributed by atoms with Gasteiger partial charge in [-0.2, -0.15) is 0 Å². The van der Waals surface area contributed by atoms with Crippen molar-refractivity contribution in [2.75, 3.05) is 18.1 Å². The van der Waals surface area contributed by atoms with E-state index in [4.69, 9.17) is 10.5 Å². The van der Waals surface area contributed by atoms with Crippen molar-refractivity contribution in [2.24, 2.45) is 11.7 Å². The number of hydrogen-bond acceptors (Lipinski definition) is 4. The second-order valence-electron chi connectivity index (χ2n) is 6.12. The highest BCUT2D eigenvalue weighted by Gasteiger charge is 2.29. The number of halogens is 1. The fourth-order valence-corrected chi connectivity index (χ4v) is 5.78. The minimum atomic E-state index is -2.82. The summed E-state index contributed by atoms with van der Waals surface area (Å²) in [5.41, 5.74) is 8.61. The molecule has 0 bridgehead atoms. The van der Waals surface area contributed by atoms with Gasteiger partial charge in [0.05, 0.1) is 18.1 Å². The first-order chi connectivity index (χ1) is 9.93. The van der Waals surface area contributed by atoms with E-state index in [1.807, 2.05) is 0 Å². The SMILES string of the molecule is NC(Cc1cc(Br)cc2c1OCC2)CC1CCS(=O)(=O)C1. The van der Waals surface area contributed by atoms with Gasteiger partial charge in [-0.3, -0.25) is 0 Å². The van der Waals surface area contributed by atoms with Crippen LogP contribution in [0.2, 0.25) is 0 Å². The van der Waals surface area contributed by atoms with Gasteiger partial charge in [-0.1, -0.05) is 15.9 Å². The Morgan fingerprint density at radius 1 is 1.43 bits per heavy atom. The van der Waals surface area contributed by atoms with Crippen LogP contribution in [-0.2, 0) is 22.7 Å². The minimum Gasteiger partial charge on any atom is -0.493 e. The molecule has 2 unspecified atom stereocenters. The maximum absolute atomic E-state index is 11.5. The Balaban J connectivity index is 1.67. The molecular weight excluding hydrogens is 354 g/mol. The summed E-state index contributed by atoms with van der Waals surface area (Å²) in [5, 5.41) is 0. The third-order valence-electron chi connectivity index (χ3n) is 4.27. The van der Waals surface area contributed by atoms with E-state index in [0.29, 0.717) is 11.5 Å². The lowest BCUT2D eigenvalue weighted by atomic mass is 9.94. The summed E-state index contributed by atoms with van der Waals surface area (Å²) in [6, 6.07) is 4.14. The molecule has 1 saturated heterocycles. The molecule has 0 saturated carbocycles. The molecule has 3 rings (SSSR count). The molecule has 4 nitrogen and oxygen atoms in total. The summed E-state index contributed by atoms with van der Waals surface area (Å²) >= 11 is 3.53. The van der Waals surface area contributed by atoms with Gasteiger partial charge in [-0.05, 0) is 48.4 Å². The lowest BCUT2D eigenvalue weighted by Crippen LogP contribution is -2.26. The van der Waals surface area contributed by atoms with Crippen molar-refractivity contribution in [3.8, 4) is 5.75 Å². The van der Waals surface area contributed by atoms with Crippen LogP contribution >= 0.6 is 15.9 Å². The van der Waals surface area contributed by atoms with Crippen LogP contribution in [0.15, 0.2) is 16.6 Å². The van der Waals surface area contributed by atoms with Gasteiger partial charge in [-0.15, -0.1) is 0 Å². The Bertz CT molecular complexity index is 645. The van der Waals surface area contributed by atoms with Gasteiger partial charge in [0.15, 0.2) is 9.84 Å². The zero-order valence-electron chi connectivity index (χ0n) is 11.8. The molecule has 1 fully saturated rings. The largest absolute Gasteiger partial charge is 0.493 e. The van der Waals surface area contributed by atoms with E-state index in [0.717, 1.165) is 48.1 Å². The zero-order valence-corrected chi connectivity index (χ0v) is 14.2. The van der Waals surface area contributed by atoms with Crippen LogP contribution in [0.4, 0.5) is 0 Å². The second-order valence-corrected chi connectivity index (χ2v) is 9.26. The molecule has 2 heterocycles. The van der Waals surface area contributed by atoms with Crippen LogP contribution in [0.1, 0.15) is 24.0 Å². The van der Waals surface area contributed by atoms with Gasteiger partial charge in [0.2, 0.25) is 0 Å². The van der Waals surface area contributed by atoms with Crippen LogP contribution in [0, 0.1) is 5.92 Å². The molecule has 1 aromatic rings. The van der Waals surface area contributed by atoms with E-state index < -0.39 is 9.84 Å². The van der Waals surface area contributed by atoms with E-state index >= 15 is 0 Å². The zero-order chi connectivity index (χ0) is 15.0. The number of ether oxygens (including phenoxy) is 1. The summed E-state index contributed by atoms with van der Waals surface area (Å²) in [6.07, 6.45) is 3.19. The predicted molar refractivity (Wildman–Crippen MR) is 86.4 cm³/mol. The maximum Gasteiger partial charge on any atom is 0.150 e. The Morgan fingerprint density at radius 3 is 2.95 bits per heavy atom. The number of nitrogens with two attached hydrogens (primary N) is 1. The minimum absolute atomic E-state index is 0.0223. The highest BCUT2D eigenvalue weighted by atomic mass is 79.9. The number of benzene rings is 1. The Hall–Kier alpha value is -0.590. The average Bonchev–Trinajstić information content (AvgIpc) is 2.95. The molecule has 0 aliphatic carbocycles. The number of sulfone groups is 1. The topological polar surface area (TPSA) is 69.4 Å². The van der Waals surface area contributed by atoms with Crippen LogP contribution in [-0.4, -0.2) is 32.6 Å². The van der Waals surface area contributed by atoms with Crippen molar-refractivity contribution in [1.82, 2.24) is 0 Å². The fourth-order valence-electron chi connectivity index (χ4n) is 3.35. The van der Waals surface area contributed by atoms with Gasteiger partial charge in [0, 0.05) is 16.9 Å². The average molecular weight is 374 g/mol. The molecule has 21 heavy (non-hydrogen) atoms. The van der Waals surface area contributed by atoms with Crippen molar-refractivity contribution in [3.05, 3.63) is 27.7 Å². The second kappa shape index (κ2) is 5.89. The number of hydrogen-bond donors (Lipinski definition) is 1. The van der Waals surface area contributed by atoms with Gasteiger partial charge in [0.1, 0.15) is 5.75 Å². The molecule has 2 atom stereocenters. The molecule has 6 heteroatoms. The summed E-state index contributed by atoms with van der Waals surface area (Å²) < 4.78 is 29.8. The van der Waals surface area contributed by atoms with Crippen molar-refractivity contribution in [3.63, 3.8) is 0 Å². The molecular formula is C15H20BrNO3S. The maximum atomic E-state index is 11.5. The lowest BCUT2D eigenvalue weighted by molar-refractivity contribution is 0.351. The monoisotopic (exact) mass is 373 g/mol. The molecule has 2 aliphatic rings. The number of rotatable bonds is 4. The molecule has 0 amide bonds. The Labute approximate surface area is 134 Å². The standard InChI is InChI=1S/C15H20BrNO3S/c16-13-6-11-1-3-20-15(11)12(7-13)8-14(17)5-10-2-4-21(18,19)9-10/h6-7,10,14H,1-5,8-9,17H2. The summed E-state index contributed by atoms with van der Waals surface area (Å²) in [6.45, 7) is 0.731. The van der Waals surface area contributed by atoms with Crippen LogP contribution < -0.4 is 10.5 Å². The highest BCUT2D eigenvalue weighted by molar-refractivity contribution is 9.10. The smallest absolute Gasteiger partial charge is 0.150 e. The summed E-state index contributed by atoms with van der Waals surface area (Å²) in [4.78, 5) is 0. The third-order valence-corrected chi connectivity index (χ3v) is 6.57. The molecule has 116 valence electrons. The van der Waals surface area contributed by atoms with E-state index in [2.05, 4.69) is 28.1 Å². The number of fused-ring (bicyclic) bond motifs is 1. The van der Waals surface area contributed by atoms with E-state index in [1.54, 1.807) is 0 Å². The molecule has 0 spiro atoms.